The second kappa shape index (κ2) is 4.82. The van der Waals surface area contributed by atoms with Gasteiger partial charge >= 0.3 is 0 Å². The molecule has 80 valence electrons. The summed E-state index contributed by atoms with van der Waals surface area (Å²) in [5.74, 6) is 2.60. The fraction of sp³-hybridized carbons (Fsp3) is 0.833. The molecule has 0 radical (unpaired) electrons. The SMILES string of the molecule is C#CCCCC1(O)CC(C)OC(C)C1. The summed E-state index contributed by atoms with van der Waals surface area (Å²) in [6.07, 6.45) is 9.45. The van der Waals surface area contributed by atoms with Gasteiger partial charge in [-0.3, -0.25) is 0 Å². The fourth-order valence-electron chi connectivity index (χ4n) is 2.37. The van der Waals surface area contributed by atoms with Crippen LogP contribution in [0.15, 0.2) is 0 Å². The van der Waals surface area contributed by atoms with Crippen molar-refractivity contribution >= 4 is 0 Å². The molecular weight excluding hydrogens is 176 g/mol. The highest BCUT2D eigenvalue weighted by atomic mass is 16.5. The third-order valence-electron chi connectivity index (χ3n) is 2.76. The summed E-state index contributed by atoms with van der Waals surface area (Å²) in [5.41, 5.74) is -0.548. The van der Waals surface area contributed by atoms with Crippen LogP contribution in [0.2, 0.25) is 0 Å². The zero-order valence-electron chi connectivity index (χ0n) is 9.12. The number of ether oxygens (including phenoxy) is 1. The van der Waals surface area contributed by atoms with Crippen molar-refractivity contribution in [1.29, 1.82) is 0 Å². The lowest BCUT2D eigenvalue weighted by Crippen LogP contribution is -2.43. The predicted molar refractivity (Wildman–Crippen MR) is 56.9 cm³/mol. The molecule has 2 nitrogen and oxygen atoms in total. The van der Waals surface area contributed by atoms with Crippen LogP contribution in [-0.2, 0) is 4.74 Å². The fourth-order valence-corrected chi connectivity index (χ4v) is 2.37. The maximum Gasteiger partial charge on any atom is 0.0697 e. The van der Waals surface area contributed by atoms with E-state index in [1.165, 1.54) is 0 Å². The molecule has 0 aromatic carbocycles. The Balaban J connectivity index is 2.42. The van der Waals surface area contributed by atoms with Crippen molar-refractivity contribution in [2.24, 2.45) is 0 Å². The number of hydrogen-bond acceptors (Lipinski definition) is 2. The average Bonchev–Trinajstić information content (AvgIpc) is 2.01. The zero-order chi connectivity index (χ0) is 10.6. The molecule has 0 aliphatic carbocycles. The van der Waals surface area contributed by atoms with Crippen LogP contribution in [0.1, 0.15) is 46.0 Å². The third-order valence-corrected chi connectivity index (χ3v) is 2.76. The van der Waals surface area contributed by atoms with Crippen LogP contribution in [0, 0.1) is 12.3 Å². The lowest BCUT2D eigenvalue weighted by molar-refractivity contribution is -0.134. The summed E-state index contributed by atoms with van der Waals surface area (Å²) in [6, 6.07) is 0. The highest BCUT2D eigenvalue weighted by Crippen LogP contribution is 2.32. The number of unbranched alkanes of at least 4 members (excludes halogenated alkanes) is 1. The Labute approximate surface area is 86.7 Å². The maximum absolute atomic E-state index is 10.3. The molecule has 2 atom stereocenters. The van der Waals surface area contributed by atoms with Crippen molar-refractivity contribution in [2.45, 2.75) is 63.8 Å². The minimum absolute atomic E-state index is 0.162. The first-order valence-electron chi connectivity index (χ1n) is 5.37. The van der Waals surface area contributed by atoms with E-state index in [9.17, 15) is 5.11 Å². The van der Waals surface area contributed by atoms with E-state index < -0.39 is 5.60 Å². The maximum atomic E-state index is 10.3. The van der Waals surface area contributed by atoms with Gasteiger partial charge in [0, 0.05) is 19.3 Å². The number of aliphatic hydroxyl groups is 1. The molecule has 2 unspecified atom stereocenters. The number of hydrogen-bond donors (Lipinski definition) is 1. The van der Waals surface area contributed by atoms with E-state index in [0.29, 0.717) is 0 Å². The second-order valence-corrected chi connectivity index (χ2v) is 4.45. The van der Waals surface area contributed by atoms with Gasteiger partial charge in [-0.05, 0) is 26.7 Å². The van der Waals surface area contributed by atoms with Gasteiger partial charge in [-0.15, -0.1) is 12.3 Å². The summed E-state index contributed by atoms with van der Waals surface area (Å²) < 4.78 is 5.59. The molecular formula is C12H20O2. The molecule has 0 spiro atoms. The zero-order valence-corrected chi connectivity index (χ0v) is 9.12. The largest absolute Gasteiger partial charge is 0.390 e. The predicted octanol–water partition coefficient (Wildman–Crippen LogP) is 2.11. The average molecular weight is 196 g/mol. The Kier molecular flexibility index (Phi) is 3.97. The lowest BCUT2D eigenvalue weighted by atomic mass is 9.83. The molecule has 1 fully saturated rings. The summed E-state index contributed by atoms with van der Waals surface area (Å²) in [7, 11) is 0. The minimum atomic E-state index is -0.548. The second-order valence-electron chi connectivity index (χ2n) is 4.45. The van der Waals surface area contributed by atoms with Gasteiger partial charge in [-0.2, -0.15) is 0 Å². The van der Waals surface area contributed by atoms with Crippen LogP contribution in [0.5, 0.6) is 0 Å². The van der Waals surface area contributed by atoms with Gasteiger partial charge in [0.05, 0.1) is 17.8 Å². The van der Waals surface area contributed by atoms with E-state index in [-0.39, 0.29) is 12.2 Å². The smallest absolute Gasteiger partial charge is 0.0697 e. The summed E-state index contributed by atoms with van der Waals surface area (Å²) in [5, 5.41) is 10.3. The monoisotopic (exact) mass is 196 g/mol. The van der Waals surface area contributed by atoms with Crippen LogP contribution in [0.3, 0.4) is 0 Å². The molecule has 1 aliphatic rings. The molecule has 1 saturated heterocycles. The molecule has 14 heavy (non-hydrogen) atoms. The summed E-state index contributed by atoms with van der Waals surface area (Å²) in [4.78, 5) is 0. The van der Waals surface area contributed by atoms with Gasteiger partial charge in [0.2, 0.25) is 0 Å². The van der Waals surface area contributed by atoms with Crippen molar-refractivity contribution in [3.05, 3.63) is 0 Å². The van der Waals surface area contributed by atoms with Crippen LogP contribution in [-0.4, -0.2) is 22.9 Å². The standard InChI is InChI=1S/C12H20O2/c1-4-5-6-7-12(13)8-10(2)14-11(3)9-12/h1,10-11,13H,5-9H2,2-3H3. The Bertz CT molecular complexity index is 207. The van der Waals surface area contributed by atoms with Crippen LogP contribution < -0.4 is 0 Å². The Morgan fingerprint density at radius 1 is 1.43 bits per heavy atom. The van der Waals surface area contributed by atoms with E-state index in [2.05, 4.69) is 5.92 Å². The van der Waals surface area contributed by atoms with E-state index >= 15 is 0 Å². The molecule has 2 heteroatoms. The van der Waals surface area contributed by atoms with E-state index in [1.54, 1.807) is 0 Å². The van der Waals surface area contributed by atoms with Crippen molar-refractivity contribution in [2.75, 3.05) is 0 Å². The van der Waals surface area contributed by atoms with Crippen molar-refractivity contribution in [3.63, 3.8) is 0 Å². The molecule has 1 N–H and O–H groups in total. The quantitative estimate of drug-likeness (QED) is 0.553. The molecule has 0 aromatic heterocycles. The van der Waals surface area contributed by atoms with Crippen molar-refractivity contribution < 1.29 is 9.84 Å². The highest BCUT2D eigenvalue weighted by molar-refractivity contribution is 4.90. The minimum Gasteiger partial charge on any atom is -0.390 e. The van der Waals surface area contributed by atoms with E-state index in [1.807, 2.05) is 13.8 Å². The van der Waals surface area contributed by atoms with Crippen LogP contribution in [0.25, 0.3) is 0 Å². The van der Waals surface area contributed by atoms with Crippen LogP contribution in [0.4, 0.5) is 0 Å². The van der Waals surface area contributed by atoms with Gasteiger partial charge in [0.15, 0.2) is 0 Å². The van der Waals surface area contributed by atoms with E-state index in [0.717, 1.165) is 32.1 Å². The first-order chi connectivity index (χ1) is 6.56. The molecule has 1 heterocycles. The van der Waals surface area contributed by atoms with Crippen molar-refractivity contribution in [3.8, 4) is 12.3 Å². The normalized spacial score (nSPS) is 37.9. The summed E-state index contributed by atoms with van der Waals surface area (Å²) >= 11 is 0. The molecule has 0 aromatic rings. The topological polar surface area (TPSA) is 29.5 Å². The molecule has 1 rings (SSSR count). The number of rotatable bonds is 3. The Hall–Kier alpha value is -0.520. The highest BCUT2D eigenvalue weighted by Gasteiger charge is 2.35. The van der Waals surface area contributed by atoms with Gasteiger partial charge in [0.1, 0.15) is 0 Å². The van der Waals surface area contributed by atoms with Crippen LogP contribution >= 0.6 is 0 Å². The van der Waals surface area contributed by atoms with Gasteiger partial charge < -0.3 is 9.84 Å². The third kappa shape index (κ3) is 3.32. The summed E-state index contributed by atoms with van der Waals surface area (Å²) in [6.45, 7) is 4.03. The van der Waals surface area contributed by atoms with Gasteiger partial charge in [-0.1, -0.05) is 0 Å². The first-order valence-corrected chi connectivity index (χ1v) is 5.37. The first kappa shape index (κ1) is 11.6. The molecule has 1 aliphatic heterocycles. The van der Waals surface area contributed by atoms with E-state index in [4.69, 9.17) is 11.2 Å². The lowest BCUT2D eigenvalue weighted by Gasteiger charge is -2.39. The van der Waals surface area contributed by atoms with Gasteiger partial charge in [0.25, 0.3) is 0 Å². The van der Waals surface area contributed by atoms with Gasteiger partial charge in [-0.25, -0.2) is 0 Å². The van der Waals surface area contributed by atoms with Crippen molar-refractivity contribution in [1.82, 2.24) is 0 Å². The molecule has 0 amide bonds. The number of terminal acetylenes is 1. The molecule has 0 saturated carbocycles. The Morgan fingerprint density at radius 2 is 2.00 bits per heavy atom. The molecule has 0 bridgehead atoms. The Morgan fingerprint density at radius 3 is 2.50 bits per heavy atom.